The number of hydrogen-bond acceptors (Lipinski definition) is 7. The Hall–Kier alpha value is -3.25. The van der Waals surface area contributed by atoms with Crippen LogP contribution >= 0.6 is 11.6 Å². The lowest BCUT2D eigenvalue weighted by atomic mass is 10.1. The number of ether oxygens (including phenoxy) is 1. The Labute approximate surface area is 207 Å². The van der Waals surface area contributed by atoms with Crippen LogP contribution in [0.15, 0.2) is 78.0 Å². The van der Waals surface area contributed by atoms with Gasteiger partial charge in [0.2, 0.25) is 10.0 Å². The fraction of sp³-hybridized carbons (Fsp3) is 0.130. The van der Waals surface area contributed by atoms with E-state index in [9.17, 15) is 16.8 Å². The van der Waals surface area contributed by atoms with Gasteiger partial charge in [0.05, 0.1) is 39.2 Å². The second kappa shape index (κ2) is 9.08. The van der Waals surface area contributed by atoms with Gasteiger partial charge in [-0.05, 0) is 60.7 Å². The average molecular weight is 531 g/mol. The molecule has 2 aromatic carbocycles. The molecule has 0 aliphatic carbocycles. The van der Waals surface area contributed by atoms with Crippen LogP contribution in [0.25, 0.3) is 22.2 Å². The Morgan fingerprint density at radius 3 is 2.60 bits per heavy atom. The third kappa shape index (κ3) is 4.80. The van der Waals surface area contributed by atoms with Crippen molar-refractivity contribution < 1.29 is 21.6 Å². The molecule has 1 aliphatic heterocycles. The van der Waals surface area contributed by atoms with Crippen LogP contribution in [0, 0.1) is 0 Å². The molecule has 9 nitrogen and oxygen atoms in total. The first-order valence-corrected chi connectivity index (χ1v) is 13.9. The molecule has 4 aromatic rings. The van der Waals surface area contributed by atoms with Crippen molar-refractivity contribution in [1.29, 1.82) is 0 Å². The van der Waals surface area contributed by atoms with Crippen LogP contribution in [-0.2, 0) is 24.8 Å². The summed E-state index contributed by atoms with van der Waals surface area (Å²) in [6.07, 6.45) is 3.35. The van der Waals surface area contributed by atoms with Crippen molar-refractivity contribution in [2.75, 3.05) is 28.1 Å². The average Bonchev–Trinajstić information content (AvgIpc) is 2.84. The van der Waals surface area contributed by atoms with Crippen LogP contribution in [0.1, 0.15) is 0 Å². The molecule has 1 aliphatic rings. The van der Waals surface area contributed by atoms with Gasteiger partial charge < -0.3 is 4.74 Å². The molecule has 0 radical (unpaired) electrons. The van der Waals surface area contributed by atoms with Gasteiger partial charge in [0.25, 0.3) is 10.0 Å². The van der Waals surface area contributed by atoms with Crippen LogP contribution in [-0.4, -0.2) is 45.9 Å². The first-order chi connectivity index (χ1) is 16.7. The molecule has 180 valence electrons. The van der Waals surface area contributed by atoms with Crippen molar-refractivity contribution in [1.82, 2.24) is 9.97 Å². The van der Waals surface area contributed by atoms with Crippen molar-refractivity contribution in [2.24, 2.45) is 0 Å². The highest BCUT2D eigenvalue weighted by Gasteiger charge is 2.27. The maximum atomic E-state index is 13.0. The highest BCUT2D eigenvalue weighted by molar-refractivity contribution is 7.93. The normalized spacial score (nSPS) is 15.7. The van der Waals surface area contributed by atoms with Gasteiger partial charge in [-0.2, -0.15) is 0 Å². The molecule has 0 amide bonds. The monoisotopic (exact) mass is 530 g/mol. The zero-order chi connectivity index (χ0) is 24.6. The maximum absolute atomic E-state index is 13.0. The molecular weight excluding hydrogens is 512 g/mol. The van der Waals surface area contributed by atoms with Crippen LogP contribution < -0.4 is 9.03 Å². The van der Waals surface area contributed by atoms with Crippen LogP contribution in [0.4, 0.5) is 11.4 Å². The van der Waals surface area contributed by atoms with Crippen molar-refractivity contribution in [3.63, 3.8) is 0 Å². The molecule has 0 atom stereocenters. The Morgan fingerprint density at radius 1 is 1.03 bits per heavy atom. The molecule has 0 unspecified atom stereocenters. The highest BCUT2D eigenvalue weighted by Crippen LogP contribution is 2.32. The van der Waals surface area contributed by atoms with Gasteiger partial charge in [-0.25, -0.2) is 26.1 Å². The number of rotatable bonds is 5. The van der Waals surface area contributed by atoms with Crippen LogP contribution in [0.2, 0.25) is 5.02 Å². The molecule has 2 aromatic heterocycles. The highest BCUT2D eigenvalue weighted by atomic mass is 35.5. The van der Waals surface area contributed by atoms with E-state index in [4.69, 9.17) is 16.3 Å². The van der Waals surface area contributed by atoms with E-state index in [1.54, 1.807) is 42.7 Å². The molecule has 0 bridgehead atoms. The van der Waals surface area contributed by atoms with Gasteiger partial charge in [0, 0.05) is 29.0 Å². The van der Waals surface area contributed by atoms with Crippen molar-refractivity contribution >= 4 is 53.9 Å². The summed E-state index contributed by atoms with van der Waals surface area (Å²) in [6, 6.07) is 15.8. The number of sulfonamides is 2. The molecular formula is C23H19ClN4O5S2. The van der Waals surface area contributed by atoms with E-state index >= 15 is 0 Å². The molecule has 5 rings (SSSR count). The zero-order valence-electron chi connectivity index (χ0n) is 18.1. The first-order valence-electron chi connectivity index (χ1n) is 10.4. The molecule has 1 saturated heterocycles. The smallest absolute Gasteiger partial charge is 0.261 e. The van der Waals surface area contributed by atoms with E-state index in [0.29, 0.717) is 27.7 Å². The summed E-state index contributed by atoms with van der Waals surface area (Å²) in [6.45, 7) is 0.0176. The van der Waals surface area contributed by atoms with Crippen LogP contribution in [0.5, 0.6) is 0 Å². The van der Waals surface area contributed by atoms with Gasteiger partial charge in [-0.1, -0.05) is 11.6 Å². The Morgan fingerprint density at radius 2 is 1.83 bits per heavy atom. The molecule has 35 heavy (non-hydrogen) atoms. The van der Waals surface area contributed by atoms with Crippen molar-refractivity contribution in [2.45, 2.75) is 4.90 Å². The number of fused-ring (bicyclic) bond motifs is 1. The summed E-state index contributed by atoms with van der Waals surface area (Å²) in [7, 11) is -7.46. The van der Waals surface area contributed by atoms with E-state index < -0.39 is 20.0 Å². The number of benzene rings is 2. The lowest BCUT2D eigenvalue weighted by Gasteiger charge is -2.28. The van der Waals surface area contributed by atoms with Gasteiger partial charge >= 0.3 is 0 Å². The minimum absolute atomic E-state index is 0.0237. The Kier molecular flexibility index (Phi) is 6.09. The first kappa shape index (κ1) is 23.5. The number of aromatic nitrogens is 2. The van der Waals surface area contributed by atoms with Crippen LogP contribution in [0.3, 0.4) is 0 Å². The summed E-state index contributed by atoms with van der Waals surface area (Å²) in [5.41, 5.74) is 2.52. The predicted molar refractivity (Wildman–Crippen MR) is 134 cm³/mol. The molecule has 3 heterocycles. The number of halogens is 1. The summed E-state index contributed by atoms with van der Waals surface area (Å²) in [4.78, 5) is 8.65. The Balaban J connectivity index is 1.41. The lowest BCUT2D eigenvalue weighted by Crippen LogP contribution is -2.41. The summed E-state index contributed by atoms with van der Waals surface area (Å²) >= 11 is 6.39. The van der Waals surface area contributed by atoms with E-state index in [2.05, 4.69) is 14.7 Å². The summed E-state index contributed by atoms with van der Waals surface area (Å²) in [5.74, 6) is -0.129. The minimum Gasteiger partial charge on any atom is -0.359 e. The largest absolute Gasteiger partial charge is 0.359 e. The van der Waals surface area contributed by atoms with Crippen molar-refractivity contribution in [3.8, 4) is 11.3 Å². The Bertz CT molecular complexity index is 1630. The van der Waals surface area contributed by atoms with Gasteiger partial charge in [0.1, 0.15) is 6.73 Å². The molecule has 12 heteroatoms. The fourth-order valence-corrected chi connectivity index (χ4v) is 6.13. The zero-order valence-corrected chi connectivity index (χ0v) is 20.5. The number of hydrogen-bond donors (Lipinski definition) is 1. The number of nitrogens with one attached hydrogen (secondary N) is 1. The third-order valence-corrected chi connectivity index (χ3v) is 8.85. The molecule has 0 spiro atoms. The fourth-order valence-electron chi connectivity index (χ4n) is 3.64. The predicted octanol–water partition coefficient (Wildman–Crippen LogP) is 3.87. The number of pyridine rings is 2. The molecule has 1 N–H and O–H groups in total. The van der Waals surface area contributed by atoms with E-state index in [0.717, 1.165) is 15.2 Å². The third-order valence-electron chi connectivity index (χ3n) is 5.45. The second-order valence-corrected chi connectivity index (χ2v) is 11.9. The topological polar surface area (TPSA) is 119 Å². The quantitative estimate of drug-likeness (QED) is 0.416. The van der Waals surface area contributed by atoms with Gasteiger partial charge in [-0.15, -0.1) is 0 Å². The van der Waals surface area contributed by atoms with Gasteiger partial charge in [-0.3, -0.25) is 9.71 Å². The number of anilines is 2. The SMILES string of the molecule is O=S(=O)(Nc1ccc(Cl)c(-c2ccc3cnccc3n2)c1)c1ccc(N2COCCS2(=O)=O)cc1. The standard InChI is InChI=1S/C23H19ClN4O5S2/c24-21-7-2-17(13-20(21)23-8-1-16-14-25-10-9-22(16)26-23)27-35(31,32)19-5-3-18(4-6-19)28-15-33-11-12-34(28,29)30/h1-10,13-14,27H,11-12,15H2. The summed E-state index contributed by atoms with van der Waals surface area (Å²) in [5, 5.41) is 1.29. The molecule has 0 saturated carbocycles. The lowest BCUT2D eigenvalue weighted by molar-refractivity contribution is 0.149. The van der Waals surface area contributed by atoms with Crippen molar-refractivity contribution in [3.05, 3.63) is 78.1 Å². The second-order valence-electron chi connectivity index (χ2n) is 7.76. The summed E-state index contributed by atoms with van der Waals surface area (Å²) < 4.78 is 59.4. The number of nitrogens with zero attached hydrogens (tertiary/aromatic N) is 3. The van der Waals surface area contributed by atoms with E-state index in [-0.39, 0.29) is 24.0 Å². The maximum Gasteiger partial charge on any atom is 0.261 e. The van der Waals surface area contributed by atoms with Gasteiger partial charge in [0.15, 0.2) is 0 Å². The molecule has 1 fully saturated rings. The minimum atomic E-state index is -3.96. The van der Waals surface area contributed by atoms with E-state index in [1.165, 1.54) is 24.3 Å². The van der Waals surface area contributed by atoms with E-state index in [1.807, 2.05) is 6.07 Å².